The van der Waals surface area contributed by atoms with Crippen LogP contribution in [0.15, 0.2) is 9.90 Å². The third kappa shape index (κ3) is 2.92. The molecule has 0 atom stereocenters. The zero-order valence-corrected chi connectivity index (χ0v) is 10.9. The molecule has 92 valence electrons. The fraction of sp³-hybridized carbons (Fsp3) is 0.500. The van der Waals surface area contributed by atoms with Crippen LogP contribution in [0.5, 0.6) is 0 Å². The molecule has 1 N–H and O–H groups in total. The van der Waals surface area contributed by atoms with E-state index in [-0.39, 0.29) is 6.61 Å². The van der Waals surface area contributed by atoms with Crippen LogP contribution in [-0.2, 0) is 12.8 Å². The molecule has 0 radical (unpaired) electrons. The van der Waals surface area contributed by atoms with E-state index in [9.17, 15) is 0 Å². The molecule has 0 aliphatic carbocycles. The summed E-state index contributed by atoms with van der Waals surface area (Å²) in [6.07, 6.45) is 2.40. The Bertz CT molecular complexity index is 471. The summed E-state index contributed by atoms with van der Waals surface area (Å²) in [4.78, 5) is 4.54. The van der Waals surface area contributed by atoms with Crippen LogP contribution in [-0.4, -0.2) is 21.9 Å². The summed E-state index contributed by atoms with van der Waals surface area (Å²) in [7, 11) is 0. The summed E-state index contributed by atoms with van der Waals surface area (Å²) in [6.45, 7) is 4.10. The molecule has 0 aromatic carbocycles. The van der Waals surface area contributed by atoms with E-state index in [2.05, 4.69) is 15.5 Å². The Morgan fingerprint density at radius 1 is 1.41 bits per heavy atom. The molecule has 0 aliphatic heterocycles. The van der Waals surface area contributed by atoms with Crippen molar-refractivity contribution < 1.29 is 9.63 Å². The maximum absolute atomic E-state index is 8.77. The molecule has 2 heterocycles. The van der Waals surface area contributed by atoms with Gasteiger partial charge in [0.05, 0.1) is 16.4 Å². The fourth-order valence-corrected chi connectivity index (χ4v) is 2.55. The molecule has 0 amide bonds. The summed E-state index contributed by atoms with van der Waals surface area (Å²) in [6, 6.07) is 0. The van der Waals surface area contributed by atoms with Crippen molar-refractivity contribution in [3.8, 4) is 0 Å². The van der Waals surface area contributed by atoms with Gasteiger partial charge in [0.1, 0.15) is 5.76 Å². The Labute approximate surface area is 104 Å². The average molecular weight is 252 g/mol. The van der Waals surface area contributed by atoms with E-state index >= 15 is 0 Å². The largest absolute Gasteiger partial charge is 0.396 e. The van der Waals surface area contributed by atoms with Gasteiger partial charge in [0.2, 0.25) is 0 Å². The zero-order chi connectivity index (χ0) is 12.3. The molecule has 0 saturated heterocycles. The molecular weight excluding hydrogens is 236 g/mol. The number of aliphatic hydroxyl groups excluding tert-OH is 1. The highest BCUT2D eigenvalue weighted by molar-refractivity contribution is 7.09. The maximum Gasteiger partial charge on any atom is 0.137 e. The molecule has 2 aromatic rings. The van der Waals surface area contributed by atoms with E-state index in [1.165, 1.54) is 0 Å². The van der Waals surface area contributed by atoms with E-state index in [0.717, 1.165) is 47.0 Å². The Morgan fingerprint density at radius 2 is 2.24 bits per heavy atom. The van der Waals surface area contributed by atoms with Crippen LogP contribution in [0.2, 0.25) is 0 Å². The summed E-state index contributed by atoms with van der Waals surface area (Å²) in [5, 5.41) is 15.8. The van der Waals surface area contributed by atoms with Gasteiger partial charge in [0.15, 0.2) is 0 Å². The Kier molecular flexibility index (Phi) is 3.91. The predicted octanol–water partition coefficient (Wildman–Crippen LogP) is 2.26. The van der Waals surface area contributed by atoms with E-state index in [1.54, 1.807) is 11.3 Å². The number of aromatic nitrogens is 2. The van der Waals surface area contributed by atoms with E-state index in [4.69, 9.17) is 9.63 Å². The first-order chi connectivity index (χ1) is 8.20. The van der Waals surface area contributed by atoms with Gasteiger partial charge in [-0.15, -0.1) is 11.3 Å². The molecule has 5 heteroatoms. The van der Waals surface area contributed by atoms with Gasteiger partial charge < -0.3 is 9.63 Å². The SMILES string of the molecule is Cc1noc(C)c1Cc1nc(CCCO)cs1. The van der Waals surface area contributed by atoms with Crippen LogP contribution in [0.3, 0.4) is 0 Å². The van der Waals surface area contributed by atoms with Crippen LogP contribution in [0.4, 0.5) is 0 Å². The molecule has 0 saturated carbocycles. The third-order valence-electron chi connectivity index (χ3n) is 2.70. The first-order valence-corrected chi connectivity index (χ1v) is 6.54. The normalized spacial score (nSPS) is 11.0. The minimum atomic E-state index is 0.219. The number of aryl methyl sites for hydroxylation is 3. The lowest BCUT2D eigenvalue weighted by Gasteiger charge is -1.95. The number of hydrogen-bond donors (Lipinski definition) is 1. The van der Waals surface area contributed by atoms with Crippen molar-refractivity contribution in [2.45, 2.75) is 33.1 Å². The second kappa shape index (κ2) is 5.42. The van der Waals surface area contributed by atoms with Gasteiger partial charge in [-0.05, 0) is 26.7 Å². The van der Waals surface area contributed by atoms with Gasteiger partial charge in [-0.25, -0.2) is 4.98 Å². The Morgan fingerprint density at radius 3 is 2.88 bits per heavy atom. The van der Waals surface area contributed by atoms with Gasteiger partial charge in [0.25, 0.3) is 0 Å². The van der Waals surface area contributed by atoms with E-state index < -0.39 is 0 Å². The van der Waals surface area contributed by atoms with Crippen molar-refractivity contribution in [3.05, 3.63) is 33.1 Å². The monoisotopic (exact) mass is 252 g/mol. The van der Waals surface area contributed by atoms with Crippen LogP contribution in [0.1, 0.15) is 34.1 Å². The number of rotatable bonds is 5. The van der Waals surface area contributed by atoms with Crippen LogP contribution in [0, 0.1) is 13.8 Å². The highest BCUT2D eigenvalue weighted by Crippen LogP contribution is 2.20. The van der Waals surface area contributed by atoms with Gasteiger partial charge in [-0.3, -0.25) is 0 Å². The van der Waals surface area contributed by atoms with Crippen molar-refractivity contribution >= 4 is 11.3 Å². The Balaban J connectivity index is 2.06. The number of nitrogens with zero attached hydrogens (tertiary/aromatic N) is 2. The van der Waals surface area contributed by atoms with Gasteiger partial charge in [-0.1, -0.05) is 5.16 Å². The number of thiazole rings is 1. The molecule has 0 unspecified atom stereocenters. The predicted molar refractivity (Wildman–Crippen MR) is 66.3 cm³/mol. The summed E-state index contributed by atoms with van der Waals surface area (Å²) in [5.41, 5.74) is 3.13. The highest BCUT2D eigenvalue weighted by atomic mass is 32.1. The van der Waals surface area contributed by atoms with Gasteiger partial charge in [0, 0.05) is 24.0 Å². The minimum Gasteiger partial charge on any atom is -0.396 e. The van der Waals surface area contributed by atoms with Crippen molar-refractivity contribution in [1.29, 1.82) is 0 Å². The standard InChI is InChI=1S/C12H16N2O2S/c1-8-11(9(2)16-14-8)6-12-13-10(7-17-12)4-3-5-15/h7,15H,3-6H2,1-2H3. The summed E-state index contributed by atoms with van der Waals surface area (Å²) >= 11 is 1.65. The molecule has 2 rings (SSSR count). The average Bonchev–Trinajstić information content (AvgIpc) is 2.88. The molecule has 4 nitrogen and oxygen atoms in total. The maximum atomic E-state index is 8.77. The van der Waals surface area contributed by atoms with Crippen molar-refractivity contribution in [2.24, 2.45) is 0 Å². The van der Waals surface area contributed by atoms with Crippen molar-refractivity contribution in [3.63, 3.8) is 0 Å². The minimum absolute atomic E-state index is 0.219. The smallest absolute Gasteiger partial charge is 0.137 e. The molecule has 17 heavy (non-hydrogen) atoms. The summed E-state index contributed by atoms with van der Waals surface area (Å²) < 4.78 is 5.13. The second-order valence-electron chi connectivity index (χ2n) is 4.04. The number of hydrogen-bond acceptors (Lipinski definition) is 5. The molecule has 2 aromatic heterocycles. The van der Waals surface area contributed by atoms with Crippen molar-refractivity contribution in [2.75, 3.05) is 6.61 Å². The van der Waals surface area contributed by atoms with Gasteiger partial charge >= 0.3 is 0 Å². The number of aliphatic hydroxyl groups is 1. The van der Waals surface area contributed by atoms with Crippen LogP contribution < -0.4 is 0 Å². The molecular formula is C12H16N2O2S. The fourth-order valence-electron chi connectivity index (χ4n) is 1.71. The Hall–Kier alpha value is -1.20. The van der Waals surface area contributed by atoms with Gasteiger partial charge in [-0.2, -0.15) is 0 Å². The van der Waals surface area contributed by atoms with E-state index in [1.807, 2.05) is 13.8 Å². The molecule has 0 spiro atoms. The summed E-state index contributed by atoms with van der Waals surface area (Å²) in [5.74, 6) is 0.870. The lowest BCUT2D eigenvalue weighted by Crippen LogP contribution is -1.93. The lowest BCUT2D eigenvalue weighted by atomic mass is 10.1. The van der Waals surface area contributed by atoms with Crippen LogP contribution in [0.25, 0.3) is 0 Å². The van der Waals surface area contributed by atoms with E-state index in [0.29, 0.717) is 0 Å². The lowest BCUT2D eigenvalue weighted by molar-refractivity contribution is 0.288. The topological polar surface area (TPSA) is 59.2 Å². The van der Waals surface area contributed by atoms with Crippen molar-refractivity contribution in [1.82, 2.24) is 10.1 Å². The molecule has 0 fully saturated rings. The second-order valence-corrected chi connectivity index (χ2v) is 4.98. The van der Waals surface area contributed by atoms with Crippen LogP contribution >= 0.6 is 11.3 Å². The first kappa shape index (κ1) is 12.3. The molecule has 0 aliphatic rings. The molecule has 0 bridgehead atoms. The first-order valence-electron chi connectivity index (χ1n) is 5.66. The zero-order valence-electron chi connectivity index (χ0n) is 10.1. The quantitative estimate of drug-likeness (QED) is 0.886. The third-order valence-corrected chi connectivity index (χ3v) is 3.60. The highest BCUT2D eigenvalue weighted by Gasteiger charge is 2.11.